The maximum absolute atomic E-state index is 13.9. The van der Waals surface area contributed by atoms with Gasteiger partial charge in [-0.25, -0.2) is 17.6 Å². The van der Waals surface area contributed by atoms with E-state index in [-0.39, 0.29) is 5.56 Å². The molecule has 0 unspecified atom stereocenters. The molecule has 0 amide bonds. The second-order valence-corrected chi connectivity index (χ2v) is 4.52. The maximum Gasteiger partial charge on any atom is 0.422 e. The monoisotopic (exact) mass is 333 g/mol. The molecular weight excluding hydrogens is 327 g/mol. The van der Waals surface area contributed by atoms with E-state index in [1.807, 2.05) is 0 Å². The van der Waals surface area contributed by atoms with Crippen LogP contribution in [0.1, 0.15) is 22.6 Å². The number of rotatable bonds is 2. The summed E-state index contributed by atoms with van der Waals surface area (Å²) in [7, 11) is 0. The Bertz CT molecular complexity index is 746. The Balaban J connectivity index is 2.77. The average molecular weight is 333 g/mol. The van der Waals surface area contributed by atoms with Crippen molar-refractivity contribution in [1.29, 1.82) is 5.26 Å². The van der Waals surface area contributed by atoms with Crippen LogP contribution < -0.4 is 0 Å². The molecular formula is C15H6F7N. The largest absolute Gasteiger partial charge is 0.422 e. The van der Waals surface area contributed by atoms with Gasteiger partial charge in [0.05, 0.1) is 11.6 Å². The molecule has 2 rings (SSSR count). The Labute approximate surface area is 125 Å². The zero-order valence-corrected chi connectivity index (χ0v) is 11.1. The molecule has 0 saturated carbocycles. The normalized spacial score (nSPS) is 12.8. The SMILES string of the molecule is N#C[C@@H](c1ccccc1)c1c(F)c(F)c(C(F)(F)F)c(F)c1F. The fraction of sp³-hybridized carbons (Fsp3) is 0.133. The molecule has 2 aromatic rings. The molecule has 0 aliphatic heterocycles. The van der Waals surface area contributed by atoms with Crippen molar-refractivity contribution in [2.45, 2.75) is 12.1 Å². The van der Waals surface area contributed by atoms with E-state index < -0.39 is 46.5 Å². The van der Waals surface area contributed by atoms with Crippen LogP contribution in [0.3, 0.4) is 0 Å². The van der Waals surface area contributed by atoms with E-state index in [1.54, 1.807) is 0 Å². The number of halogens is 7. The predicted octanol–water partition coefficient (Wildman–Crippen LogP) is 4.92. The summed E-state index contributed by atoms with van der Waals surface area (Å²) in [6, 6.07) is 8.24. The van der Waals surface area contributed by atoms with Crippen molar-refractivity contribution in [3.05, 3.63) is 70.3 Å². The molecule has 0 saturated heterocycles. The van der Waals surface area contributed by atoms with E-state index in [4.69, 9.17) is 5.26 Å². The summed E-state index contributed by atoms with van der Waals surface area (Å²) in [4.78, 5) is 0. The zero-order chi connectivity index (χ0) is 17.4. The zero-order valence-electron chi connectivity index (χ0n) is 11.1. The molecule has 0 N–H and O–H groups in total. The molecule has 23 heavy (non-hydrogen) atoms. The van der Waals surface area contributed by atoms with Crippen LogP contribution in [-0.2, 0) is 6.18 Å². The molecule has 0 bridgehead atoms. The lowest BCUT2D eigenvalue weighted by molar-refractivity contribution is -0.143. The topological polar surface area (TPSA) is 23.8 Å². The molecule has 0 heterocycles. The van der Waals surface area contributed by atoms with Crippen LogP contribution in [0, 0.1) is 34.6 Å². The molecule has 0 aliphatic carbocycles. The molecule has 2 aromatic carbocycles. The quantitative estimate of drug-likeness (QED) is 0.565. The van der Waals surface area contributed by atoms with Gasteiger partial charge in [0.15, 0.2) is 23.3 Å². The fourth-order valence-corrected chi connectivity index (χ4v) is 2.10. The van der Waals surface area contributed by atoms with Crippen molar-refractivity contribution in [3.63, 3.8) is 0 Å². The number of benzene rings is 2. The second kappa shape index (κ2) is 5.91. The standard InChI is InChI=1S/C15H6F7N/c16-11-9(8(6-23)7-4-2-1-3-5-7)12(17)14(19)10(13(11)18)15(20,21)22/h1-5,8H/t8-/m0/s1. The minimum Gasteiger partial charge on any atom is -0.203 e. The highest BCUT2D eigenvalue weighted by Crippen LogP contribution is 2.39. The summed E-state index contributed by atoms with van der Waals surface area (Å²) in [5.74, 6) is -11.5. The molecule has 8 heteroatoms. The van der Waals surface area contributed by atoms with Gasteiger partial charge in [-0.15, -0.1) is 0 Å². The van der Waals surface area contributed by atoms with Gasteiger partial charge in [0.25, 0.3) is 0 Å². The summed E-state index contributed by atoms with van der Waals surface area (Å²) < 4.78 is 92.6. The van der Waals surface area contributed by atoms with Crippen LogP contribution in [0.5, 0.6) is 0 Å². The average Bonchev–Trinajstić information content (AvgIpc) is 2.49. The molecule has 1 atom stereocenters. The molecule has 0 spiro atoms. The summed E-state index contributed by atoms with van der Waals surface area (Å²) in [6.07, 6.45) is -5.62. The Morgan fingerprint density at radius 1 is 0.826 bits per heavy atom. The maximum atomic E-state index is 13.9. The van der Waals surface area contributed by atoms with Crippen LogP contribution in [0.4, 0.5) is 30.7 Å². The highest BCUT2D eigenvalue weighted by atomic mass is 19.4. The molecule has 0 fully saturated rings. The lowest BCUT2D eigenvalue weighted by Crippen LogP contribution is -2.18. The van der Waals surface area contributed by atoms with E-state index in [1.165, 1.54) is 36.4 Å². The van der Waals surface area contributed by atoms with Crippen molar-refractivity contribution in [2.24, 2.45) is 0 Å². The highest BCUT2D eigenvalue weighted by molar-refractivity contribution is 5.42. The highest BCUT2D eigenvalue weighted by Gasteiger charge is 2.43. The van der Waals surface area contributed by atoms with Crippen LogP contribution in [0.15, 0.2) is 30.3 Å². The molecule has 0 aromatic heterocycles. The fourth-order valence-electron chi connectivity index (χ4n) is 2.10. The van der Waals surface area contributed by atoms with Gasteiger partial charge >= 0.3 is 6.18 Å². The Morgan fingerprint density at radius 3 is 1.70 bits per heavy atom. The minimum atomic E-state index is -5.62. The summed E-state index contributed by atoms with van der Waals surface area (Å²) >= 11 is 0. The molecule has 0 aliphatic rings. The van der Waals surface area contributed by atoms with Gasteiger partial charge in [0.2, 0.25) is 0 Å². The van der Waals surface area contributed by atoms with Crippen molar-refractivity contribution >= 4 is 0 Å². The van der Waals surface area contributed by atoms with Crippen molar-refractivity contribution in [2.75, 3.05) is 0 Å². The number of alkyl halides is 3. The number of nitriles is 1. The summed E-state index contributed by atoms with van der Waals surface area (Å²) in [5.41, 5.74) is -4.09. The first kappa shape index (κ1) is 16.8. The van der Waals surface area contributed by atoms with Crippen LogP contribution >= 0.6 is 0 Å². The lowest BCUT2D eigenvalue weighted by Gasteiger charge is -2.17. The van der Waals surface area contributed by atoms with Gasteiger partial charge in [-0.3, -0.25) is 0 Å². The molecule has 120 valence electrons. The number of nitrogens with zero attached hydrogens (tertiary/aromatic N) is 1. The van der Waals surface area contributed by atoms with Gasteiger partial charge in [0.1, 0.15) is 11.5 Å². The third kappa shape index (κ3) is 2.86. The van der Waals surface area contributed by atoms with Crippen LogP contribution in [0.2, 0.25) is 0 Å². The lowest BCUT2D eigenvalue weighted by atomic mass is 9.90. The molecule has 0 radical (unpaired) electrons. The van der Waals surface area contributed by atoms with Crippen LogP contribution in [-0.4, -0.2) is 0 Å². The van der Waals surface area contributed by atoms with E-state index in [2.05, 4.69) is 0 Å². The first-order valence-corrected chi connectivity index (χ1v) is 6.07. The smallest absolute Gasteiger partial charge is 0.203 e. The summed E-state index contributed by atoms with van der Waals surface area (Å²) in [6.45, 7) is 0. The van der Waals surface area contributed by atoms with Gasteiger partial charge in [-0.2, -0.15) is 18.4 Å². The second-order valence-electron chi connectivity index (χ2n) is 4.52. The van der Waals surface area contributed by atoms with Crippen LogP contribution in [0.25, 0.3) is 0 Å². The predicted molar refractivity (Wildman–Crippen MR) is 65.2 cm³/mol. The Kier molecular flexibility index (Phi) is 4.32. The van der Waals surface area contributed by atoms with E-state index in [0.29, 0.717) is 0 Å². The number of hydrogen-bond donors (Lipinski definition) is 0. The van der Waals surface area contributed by atoms with Crippen molar-refractivity contribution < 1.29 is 30.7 Å². The van der Waals surface area contributed by atoms with E-state index >= 15 is 0 Å². The number of hydrogen-bond acceptors (Lipinski definition) is 1. The van der Waals surface area contributed by atoms with E-state index in [0.717, 1.165) is 0 Å². The first-order chi connectivity index (χ1) is 10.7. The third-order valence-corrected chi connectivity index (χ3v) is 3.13. The van der Waals surface area contributed by atoms with Crippen molar-refractivity contribution in [1.82, 2.24) is 0 Å². The molecule has 1 nitrogen and oxygen atoms in total. The Morgan fingerprint density at radius 2 is 1.30 bits per heavy atom. The van der Waals surface area contributed by atoms with Gasteiger partial charge < -0.3 is 0 Å². The summed E-state index contributed by atoms with van der Waals surface area (Å²) in [5, 5.41) is 9.04. The van der Waals surface area contributed by atoms with Gasteiger partial charge in [-0.1, -0.05) is 30.3 Å². The van der Waals surface area contributed by atoms with Gasteiger partial charge in [0, 0.05) is 0 Å². The van der Waals surface area contributed by atoms with Gasteiger partial charge in [-0.05, 0) is 5.56 Å². The first-order valence-electron chi connectivity index (χ1n) is 6.07. The van der Waals surface area contributed by atoms with Crippen molar-refractivity contribution in [3.8, 4) is 6.07 Å². The van der Waals surface area contributed by atoms with E-state index in [9.17, 15) is 30.7 Å². The third-order valence-electron chi connectivity index (χ3n) is 3.13. The Hall–Kier alpha value is -2.56. The minimum absolute atomic E-state index is 0.0219.